The molecule has 2 fully saturated rings. The third-order valence-electron chi connectivity index (χ3n) is 8.77. The number of carbonyl (C=O) groups excluding carboxylic acids is 3. The molecule has 7 rings (SSSR count). The van der Waals surface area contributed by atoms with Gasteiger partial charge in [0.05, 0.1) is 24.0 Å². The van der Waals surface area contributed by atoms with Gasteiger partial charge in [-0.25, -0.2) is 4.90 Å². The molecular weight excluding hydrogens is 510 g/mol. The molecule has 3 heterocycles. The fraction of sp³-hybridized carbons (Fsp3) is 0.219. The Bertz CT molecular complexity index is 1680. The summed E-state index contributed by atoms with van der Waals surface area (Å²) in [5.41, 5.74) is 1.87. The Hall–Kier alpha value is -4.00. The van der Waals surface area contributed by atoms with E-state index in [4.69, 9.17) is 11.6 Å². The van der Waals surface area contributed by atoms with Crippen LogP contribution in [0.5, 0.6) is 0 Å². The summed E-state index contributed by atoms with van der Waals surface area (Å²) in [5, 5.41) is 4.65. The van der Waals surface area contributed by atoms with Gasteiger partial charge < -0.3 is 10.2 Å². The maximum Gasteiger partial charge on any atom is 0.294 e. The predicted molar refractivity (Wildman–Crippen MR) is 150 cm³/mol. The Labute approximate surface area is 231 Å². The van der Waals surface area contributed by atoms with E-state index in [1.54, 1.807) is 24.3 Å². The first-order valence-corrected chi connectivity index (χ1v) is 13.7. The number of quaternary nitrogens is 1. The number of rotatable bonds is 4. The number of fused-ring (bicyclic) bond motifs is 5. The van der Waals surface area contributed by atoms with Gasteiger partial charge in [0.2, 0.25) is 17.4 Å². The second kappa shape index (κ2) is 8.76. The molecule has 0 unspecified atom stereocenters. The number of carbonyl (C=O) groups is 3. The van der Waals surface area contributed by atoms with Gasteiger partial charge in [0.15, 0.2) is 0 Å². The SMILES string of the molecule is CC[C@@H]1[NH2+][C@]2(C(=O)N(Cc3cccc4ccccc34)c3ccccc32)[C@@H]2C(=O)N(c3cccc(Cl)c3)C(=O)[C@@H]12. The van der Waals surface area contributed by atoms with Crippen LogP contribution in [0, 0.1) is 11.8 Å². The van der Waals surface area contributed by atoms with Gasteiger partial charge in [-0.2, -0.15) is 0 Å². The Morgan fingerprint density at radius 1 is 0.872 bits per heavy atom. The number of nitrogens with zero attached hydrogens (tertiary/aromatic N) is 2. The summed E-state index contributed by atoms with van der Waals surface area (Å²) in [6.45, 7) is 2.39. The monoisotopic (exact) mass is 536 g/mol. The van der Waals surface area contributed by atoms with Crippen molar-refractivity contribution < 1.29 is 19.7 Å². The van der Waals surface area contributed by atoms with Crippen molar-refractivity contribution in [3.8, 4) is 0 Å². The van der Waals surface area contributed by atoms with Crippen LogP contribution in [0.4, 0.5) is 11.4 Å². The second-order valence-electron chi connectivity index (χ2n) is 10.6. The van der Waals surface area contributed by atoms with Crippen LogP contribution in [0.3, 0.4) is 0 Å². The predicted octanol–water partition coefficient (Wildman–Crippen LogP) is 4.40. The van der Waals surface area contributed by atoms with Crippen molar-refractivity contribution in [2.24, 2.45) is 11.8 Å². The van der Waals surface area contributed by atoms with Crippen molar-refractivity contribution in [2.75, 3.05) is 9.80 Å². The van der Waals surface area contributed by atoms with E-state index in [1.807, 2.05) is 65.7 Å². The molecule has 0 bridgehead atoms. The molecule has 4 aromatic carbocycles. The maximum absolute atomic E-state index is 14.7. The average molecular weight is 537 g/mol. The quantitative estimate of drug-likeness (QED) is 0.393. The number of halogens is 1. The summed E-state index contributed by atoms with van der Waals surface area (Å²) >= 11 is 6.23. The molecule has 2 N–H and O–H groups in total. The van der Waals surface area contributed by atoms with Crippen molar-refractivity contribution in [3.05, 3.63) is 107 Å². The third-order valence-corrected chi connectivity index (χ3v) is 9.00. The van der Waals surface area contributed by atoms with Gasteiger partial charge >= 0.3 is 0 Å². The van der Waals surface area contributed by atoms with Crippen molar-refractivity contribution in [3.63, 3.8) is 0 Å². The van der Waals surface area contributed by atoms with E-state index in [0.717, 1.165) is 27.6 Å². The summed E-state index contributed by atoms with van der Waals surface area (Å²) in [5.74, 6) is -2.15. The van der Waals surface area contributed by atoms with Gasteiger partial charge in [0, 0.05) is 10.6 Å². The highest BCUT2D eigenvalue weighted by Crippen LogP contribution is 2.52. The van der Waals surface area contributed by atoms with Gasteiger partial charge in [-0.05, 0) is 47.0 Å². The van der Waals surface area contributed by atoms with Crippen molar-refractivity contribution in [1.29, 1.82) is 0 Å². The van der Waals surface area contributed by atoms with E-state index >= 15 is 0 Å². The molecule has 39 heavy (non-hydrogen) atoms. The largest absolute Gasteiger partial charge is 0.326 e. The normalized spacial score (nSPS) is 25.7. The average Bonchev–Trinajstić information content (AvgIpc) is 3.52. The first-order chi connectivity index (χ1) is 19.0. The first kappa shape index (κ1) is 24.1. The van der Waals surface area contributed by atoms with E-state index in [1.165, 1.54) is 4.90 Å². The second-order valence-corrected chi connectivity index (χ2v) is 11.1. The fourth-order valence-electron chi connectivity index (χ4n) is 7.11. The molecule has 3 aliphatic rings. The zero-order valence-electron chi connectivity index (χ0n) is 21.4. The Kier molecular flexibility index (Phi) is 5.41. The van der Waals surface area contributed by atoms with E-state index < -0.39 is 17.4 Å². The van der Waals surface area contributed by atoms with Crippen LogP contribution >= 0.6 is 11.6 Å². The highest BCUT2D eigenvalue weighted by molar-refractivity contribution is 6.31. The van der Waals surface area contributed by atoms with Crippen molar-refractivity contribution in [2.45, 2.75) is 31.5 Å². The lowest BCUT2D eigenvalue weighted by Gasteiger charge is -2.27. The minimum Gasteiger partial charge on any atom is -0.326 e. The Morgan fingerprint density at radius 3 is 2.44 bits per heavy atom. The van der Waals surface area contributed by atoms with E-state index in [9.17, 15) is 14.4 Å². The lowest BCUT2D eigenvalue weighted by molar-refractivity contribution is -0.733. The van der Waals surface area contributed by atoms with E-state index in [0.29, 0.717) is 23.7 Å². The van der Waals surface area contributed by atoms with Crippen LogP contribution in [0.15, 0.2) is 91.0 Å². The van der Waals surface area contributed by atoms with Gasteiger partial charge in [0.25, 0.3) is 5.91 Å². The molecule has 2 saturated heterocycles. The maximum atomic E-state index is 14.7. The molecule has 1 spiro atoms. The molecule has 0 aliphatic carbocycles. The summed E-state index contributed by atoms with van der Waals surface area (Å²) < 4.78 is 0. The highest BCUT2D eigenvalue weighted by Gasteiger charge is 2.75. The summed E-state index contributed by atoms with van der Waals surface area (Å²) in [7, 11) is 0. The number of imide groups is 1. The smallest absolute Gasteiger partial charge is 0.294 e. The van der Waals surface area contributed by atoms with E-state index in [2.05, 4.69) is 18.2 Å². The number of nitrogens with two attached hydrogens (primary N) is 1. The van der Waals surface area contributed by atoms with Gasteiger partial charge in [-0.1, -0.05) is 85.3 Å². The number of amides is 3. The lowest BCUT2D eigenvalue weighted by Crippen LogP contribution is -2.99. The fourth-order valence-corrected chi connectivity index (χ4v) is 7.30. The van der Waals surface area contributed by atoms with E-state index in [-0.39, 0.29) is 23.8 Å². The Balaban J connectivity index is 1.36. The molecule has 0 aromatic heterocycles. The third kappa shape index (κ3) is 3.28. The van der Waals surface area contributed by atoms with Crippen LogP contribution in [-0.4, -0.2) is 23.8 Å². The molecule has 0 saturated carbocycles. The van der Waals surface area contributed by atoms with Gasteiger partial charge in [0.1, 0.15) is 11.8 Å². The summed E-state index contributed by atoms with van der Waals surface area (Å²) in [6.07, 6.45) is 0.657. The molecule has 4 atom stereocenters. The molecule has 0 radical (unpaired) electrons. The minimum atomic E-state index is -1.20. The summed E-state index contributed by atoms with van der Waals surface area (Å²) in [6, 6.07) is 28.6. The number of anilines is 2. The Morgan fingerprint density at radius 2 is 1.62 bits per heavy atom. The molecule has 194 valence electrons. The lowest BCUT2D eigenvalue weighted by atomic mass is 9.76. The molecular formula is C32H27ClN3O3+. The topological polar surface area (TPSA) is 74.3 Å². The number of hydrogen-bond donors (Lipinski definition) is 1. The number of para-hydroxylation sites is 1. The minimum absolute atomic E-state index is 0.142. The molecule has 4 aromatic rings. The van der Waals surface area contributed by atoms with Gasteiger partial charge in [-0.3, -0.25) is 14.4 Å². The van der Waals surface area contributed by atoms with Crippen LogP contribution in [0.25, 0.3) is 10.8 Å². The van der Waals surface area contributed by atoms with Crippen molar-refractivity contribution >= 4 is 51.5 Å². The molecule has 6 nitrogen and oxygen atoms in total. The van der Waals surface area contributed by atoms with Crippen LogP contribution in [-0.2, 0) is 26.5 Å². The zero-order chi connectivity index (χ0) is 26.9. The number of benzene rings is 4. The van der Waals surface area contributed by atoms with Crippen LogP contribution in [0.1, 0.15) is 24.5 Å². The van der Waals surface area contributed by atoms with Crippen LogP contribution in [0.2, 0.25) is 5.02 Å². The summed E-state index contributed by atoms with van der Waals surface area (Å²) in [4.78, 5) is 45.8. The van der Waals surface area contributed by atoms with Gasteiger partial charge in [-0.15, -0.1) is 0 Å². The molecule has 3 aliphatic heterocycles. The van der Waals surface area contributed by atoms with Crippen LogP contribution < -0.4 is 15.1 Å². The molecule has 7 heteroatoms. The number of hydrogen-bond acceptors (Lipinski definition) is 3. The highest BCUT2D eigenvalue weighted by atomic mass is 35.5. The zero-order valence-corrected chi connectivity index (χ0v) is 22.1. The molecule has 3 amide bonds. The standard InChI is InChI=1S/C32H26ClN3O3/c1-2-25-27-28(30(38)36(29(27)37)22-13-8-12-21(33)17-22)32(34-25)24-15-5-6-16-26(24)35(31(32)39)18-20-11-7-10-19-9-3-4-14-23(19)20/h3-17,25,27-28,34H,2,18H2,1H3/p+1/t25-,27-,28-,32-/m0/s1. The first-order valence-electron chi connectivity index (χ1n) is 13.3. The van der Waals surface area contributed by atoms with Crippen molar-refractivity contribution in [1.82, 2.24) is 0 Å².